The number of aryl methyl sites for hydroxylation is 1. The molecule has 0 unspecified atom stereocenters. The van der Waals surface area contributed by atoms with Gasteiger partial charge in [-0.25, -0.2) is 23.2 Å². The molecule has 1 saturated heterocycles. The highest BCUT2D eigenvalue weighted by atomic mass is 79.9. The molecule has 6 heterocycles. The van der Waals surface area contributed by atoms with Gasteiger partial charge >= 0.3 is 6.18 Å². The standard InChI is InChI=1S/C25H31N3O3S.C22H30BrN5O2.C22H17F3N2O4S.C20H19N3O3S2/c1-15(2)31-20-11-10-16(12-21(20)30-4)19-14-28(3)25(29)18-13-22(32-23(18)19)24(26)27-17-8-6-5-7-9-17;1-15(2)30-18-10-8-17(9-11-18)26-22-25-14-19(23)20(27-22)24-12-5-13-28(3)21(29)16-6-4-7-16;1-12(2)27-20(28)19(32-21(27)29)10-13-5-7-17(18(9-13)30-4)31-16-8-6-14(26-3)11-15(16)22(23,24)25;1-12(2)26-18-10-16-14(9-20(18)28(3,24)25)15(6-7-21-16)23-13-4-5-19-17(8-13)22-11-27-19/h10-15,17H,5-9H2,1-4H3,(H2,26,27);8-11,14-16H,4-7,12-13H2,1-3H3,(H2,24,25,26,27);5-12H,1-2,4H3;4-12H,1-3H3,(H,21,23)/b;;19-10-;. The van der Waals surface area contributed by atoms with E-state index in [1.807, 2.05) is 138 Å². The predicted octanol–water partition coefficient (Wildman–Crippen LogP) is 21.2. The number of amides is 3. The van der Waals surface area contributed by atoms with Crippen LogP contribution >= 0.6 is 50.4 Å². The number of hydrogen-bond donors (Lipinski definition) is 4. The number of thioether (sulfide) groups is 1. The third kappa shape index (κ3) is 23.7. The van der Waals surface area contributed by atoms with Gasteiger partial charge in [0.2, 0.25) is 11.9 Å². The molecule has 3 fully saturated rings. The molecule has 1 aliphatic heterocycles. The Hall–Kier alpha value is -11.3. The molecule has 642 valence electrons. The van der Waals surface area contributed by atoms with E-state index in [4.69, 9.17) is 45.7 Å². The smallest absolute Gasteiger partial charge is 0.418 e. The topological polar surface area (TPSA) is 300 Å². The van der Waals surface area contributed by atoms with Crippen LogP contribution < -0.4 is 55.7 Å². The number of nitrogens with two attached hydrogens (primary N) is 1. The van der Waals surface area contributed by atoms with Crippen molar-refractivity contribution < 1.29 is 64.4 Å². The lowest BCUT2D eigenvalue weighted by Gasteiger charge is -2.29. The molecule has 0 bridgehead atoms. The number of carbonyl (C=O) groups excluding carboxylic acids is 3. The molecule has 6 aromatic carbocycles. The number of pyridine rings is 2. The number of carbonyl (C=O) groups is 3. The Morgan fingerprint density at radius 2 is 1.45 bits per heavy atom. The lowest BCUT2D eigenvalue weighted by atomic mass is 9.84. The van der Waals surface area contributed by atoms with Crippen LogP contribution in [0.4, 0.5) is 52.5 Å². The van der Waals surface area contributed by atoms with E-state index in [0.717, 1.165) is 132 Å². The molecule has 3 aliphatic rings. The van der Waals surface area contributed by atoms with Crippen molar-refractivity contribution in [3.8, 4) is 51.4 Å². The van der Waals surface area contributed by atoms with Crippen LogP contribution in [0.25, 0.3) is 53.3 Å². The van der Waals surface area contributed by atoms with Gasteiger partial charge in [-0.05, 0) is 229 Å². The molecule has 33 heteroatoms. The van der Waals surface area contributed by atoms with Crippen LogP contribution in [0.2, 0.25) is 0 Å². The summed E-state index contributed by atoms with van der Waals surface area (Å²) in [5, 5.41) is 10.9. The molecule has 2 aliphatic carbocycles. The molecule has 0 atom stereocenters. The van der Waals surface area contributed by atoms with E-state index in [0.29, 0.717) is 57.0 Å². The van der Waals surface area contributed by atoms with E-state index < -0.39 is 33.2 Å². The number of aromatic nitrogens is 5. The number of sulfone groups is 1. The molecular formula is C89H97BrF3N13O12S4. The highest BCUT2D eigenvalue weighted by molar-refractivity contribution is 9.10. The predicted molar refractivity (Wildman–Crippen MR) is 483 cm³/mol. The summed E-state index contributed by atoms with van der Waals surface area (Å²) in [7, 11) is 3.15. The number of benzene rings is 6. The summed E-state index contributed by atoms with van der Waals surface area (Å²) in [6.07, 6.45) is 13.3. The molecule has 122 heavy (non-hydrogen) atoms. The summed E-state index contributed by atoms with van der Waals surface area (Å²) in [5.41, 5.74) is 13.4. The number of aliphatic imine (C=N–C) groups is 1. The van der Waals surface area contributed by atoms with Gasteiger partial charge in [0.25, 0.3) is 16.7 Å². The number of thiophene rings is 1. The van der Waals surface area contributed by atoms with E-state index in [-0.39, 0.29) is 80.0 Å². The van der Waals surface area contributed by atoms with Crippen LogP contribution in [-0.4, -0.2) is 137 Å². The quantitative estimate of drug-likeness (QED) is 0.0129. The van der Waals surface area contributed by atoms with Crippen LogP contribution in [0, 0.1) is 12.5 Å². The van der Waals surface area contributed by atoms with Gasteiger partial charge in [-0.2, -0.15) is 18.2 Å². The molecule has 14 rings (SSSR count). The first-order valence-electron chi connectivity index (χ1n) is 39.6. The number of amidine groups is 1. The van der Waals surface area contributed by atoms with Crippen LogP contribution in [0.15, 0.2) is 169 Å². The van der Waals surface area contributed by atoms with Crippen molar-refractivity contribution in [1.29, 1.82) is 0 Å². The molecule has 11 aromatic rings. The Morgan fingerprint density at radius 3 is 2.11 bits per heavy atom. The van der Waals surface area contributed by atoms with Gasteiger partial charge in [0, 0.05) is 103 Å². The number of fused-ring (bicyclic) bond motifs is 3. The zero-order chi connectivity index (χ0) is 87.9. The maximum Gasteiger partial charge on any atom is 0.418 e. The Balaban J connectivity index is 0.000000159. The number of rotatable bonds is 26. The number of anilines is 5. The van der Waals surface area contributed by atoms with Gasteiger partial charge in [0.05, 0.1) is 91.6 Å². The second kappa shape index (κ2) is 41.0. The minimum absolute atomic E-state index is 0.0148. The van der Waals surface area contributed by atoms with Crippen LogP contribution in [0.3, 0.4) is 0 Å². The lowest BCUT2D eigenvalue weighted by Crippen LogP contribution is -2.37. The number of nitrogens with zero attached hydrogens (tertiary/aromatic N) is 9. The van der Waals surface area contributed by atoms with Gasteiger partial charge in [-0.1, -0.05) is 43.9 Å². The van der Waals surface area contributed by atoms with E-state index >= 15 is 0 Å². The second-order valence-corrected chi connectivity index (χ2v) is 36.0. The highest BCUT2D eigenvalue weighted by Crippen LogP contribution is 2.45. The van der Waals surface area contributed by atoms with Crippen molar-refractivity contribution >= 4 is 155 Å². The Bertz CT molecular complexity index is 5900. The molecule has 0 radical (unpaired) electrons. The second-order valence-electron chi connectivity index (χ2n) is 30.2. The average molecular weight is 1810 g/mol. The fraction of sp³-hybridized carbons (Fsp3) is 0.348. The molecule has 0 spiro atoms. The van der Waals surface area contributed by atoms with E-state index in [1.165, 1.54) is 80.7 Å². The van der Waals surface area contributed by atoms with E-state index in [2.05, 4.69) is 56.7 Å². The summed E-state index contributed by atoms with van der Waals surface area (Å²) in [5.74, 6) is 4.05. The zero-order valence-corrected chi connectivity index (χ0v) is 74.7. The van der Waals surface area contributed by atoms with Gasteiger partial charge in [-0.15, -0.1) is 22.7 Å². The van der Waals surface area contributed by atoms with Crippen molar-refractivity contribution in [3.63, 3.8) is 0 Å². The Kier molecular flexibility index (Phi) is 30.8. The van der Waals surface area contributed by atoms with Gasteiger partial charge in [0.1, 0.15) is 33.8 Å². The van der Waals surface area contributed by atoms with Crippen LogP contribution in [0.1, 0.15) is 129 Å². The molecule has 5 aromatic heterocycles. The van der Waals surface area contributed by atoms with E-state index in [1.54, 1.807) is 68.4 Å². The number of thiazole rings is 1. The summed E-state index contributed by atoms with van der Waals surface area (Å²) in [4.78, 5) is 79.2. The number of hydrogen-bond acceptors (Lipinski definition) is 23. The average Bonchev–Trinajstić information content (AvgIpc) is 1.46. The molecule has 2 saturated carbocycles. The third-order valence-electron chi connectivity index (χ3n) is 19.5. The summed E-state index contributed by atoms with van der Waals surface area (Å²) in [6, 6.07) is 34.0. The van der Waals surface area contributed by atoms with Crippen molar-refractivity contribution in [3.05, 3.63) is 193 Å². The Labute approximate surface area is 727 Å². The third-order valence-corrected chi connectivity index (χ3v) is 24.1. The van der Waals surface area contributed by atoms with Crippen LogP contribution in [-0.2, 0) is 32.7 Å². The summed E-state index contributed by atoms with van der Waals surface area (Å²) in [6.45, 7) is 23.5. The van der Waals surface area contributed by atoms with Crippen molar-refractivity contribution in [2.24, 2.45) is 23.7 Å². The maximum atomic E-state index is 13.4. The normalized spacial score (nSPS) is 14.2. The largest absolute Gasteiger partial charge is 0.493 e. The summed E-state index contributed by atoms with van der Waals surface area (Å²) >= 11 is 7.41. The minimum Gasteiger partial charge on any atom is -0.493 e. The maximum absolute atomic E-state index is 13.4. The number of halogens is 4. The molecule has 5 N–H and O–H groups in total. The van der Waals surface area contributed by atoms with Crippen molar-refractivity contribution in [2.45, 2.75) is 155 Å². The fourth-order valence-corrected chi connectivity index (χ4v) is 17.2. The van der Waals surface area contributed by atoms with Gasteiger partial charge in [0.15, 0.2) is 38.5 Å². The lowest BCUT2D eigenvalue weighted by molar-refractivity contribution is -0.138. The Morgan fingerprint density at radius 1 is 0.762 bits per heavy atom. The number of methoxy groups -OCH3 is 2. The summed E-state index contributed by atoms with van der Waals surface area (Å²) < 4.78 is 103. The number of ether oxygens (including phenoxy) is 6. The van der Waals surface area contributed by atoms with Gasteiger partial charge in [-0.3, -0.25) is 34.1 Å². The van der Waals surface area contributed by atoms with E-state index in [9.17, 15) is 40.8 Å². The van der Waals surface area contributed by atoms with Crippen molar-refractivity contribution in [2.75, 3.05) is 56.6 Å². The number of nitrogens with one attached hydrogen (secondary N) is 3. The minimum atomic E-state index is -4.72. The first-order valence-corrected chi connectivity index (χ1v) is 44.8. The van der Waals surface area contributed by atoms with Crippen molar-refractivity contribution in [1.82, 2.24) is 34.3 Å². The fourth-order valence-electron chi connectivity index (χ4n) is 13.3. The molecule has 3 amide bonds. The zero-order valence-electron chi connectivity index (χ0n) is 69.8. The molecule has 25 nitrogen and oxygen atoms in total. The highest BCUT2D eigenvalue weighted by Gasteiger charge is 2.38. The first kappa shape index (κ1) is 91.4. The number of imide groups is 1. The number of alkyl halides is 3. The van der Waals surface area contributed by atoms with Crippen LogP contribution in [0.5, 0.6) is 40.2 Å². The SMILES string of the molecule is CC(C)Oc1cc2nccc(Nc3ccc4scnc4c3)c2cc1S(C)(=O)=O.CC(C)Oc1ccc(Nc2ncc(Br)c(NCCCN(C)C(=O)C3CCC3)n2)cc1.COc1cc(-c2cn(C)c(=O)c3cc(C(N)=NC4CCCCC4)sc23)ccc1OC(C)C.[C-]#[N+]c1ccc(Oc2ccc(/C=C3\SC(=O)N(C(C)C)C3=O)cc2OC)c(C(F)(F)F)c1. The first-order chi connectivity index (χ1) is 58.1. The van der Waals surface area contributed by atoms with Gasteiger partial charge < -0.3 is 59.6 Å². The monoisotopic (exact) mass is 1800 g/mol. The molecular weight excluding hydrogens is 1710 g/mol.